The summed E-state index contributed by atoms with van der Waals surface area (Å²) in [6, 6.07) is 19.4. The van der Waals surface area contributed by atoms with Crippen molar-refractivity contribution >= 4 is 23.3 Å². The van der Waals surface area contributed by atoms with E-state index in [1.807, 2.05) is 48.5 Å². The predicted octanol–water partition coefficient (Wildman–Crippen LogP) is 4.50. The Morgan fingerprint density at radius 2 is 1.74 bits per heavy atom. The molecule has 1 saturated heterocycles. The molecule has 200 valence electrons. The Bertz CT molecular complexity index is 1450. The molecule has 39 heavy (non-hydrogen) atoms. The lowest BCUT2D eigenvalue weighted by molar-refractivity contribution is 0.134. The van der Waals surface area contributed by atoms with Crippen LogP contribution in [0.3, 0.4) is 0 Å². The number of rotatable bonds is 6. The van der Waals surface area contributed by atoms with Crippen LogP contribution >= 0.6 is 0 Å². The number of fused-ring (bicyclic) bond motifs is 2. The van der Waals surface area contributed by atoms with E-state index in [0.717, 1.165) is 55.3 Å². The third kappa shape index (κ3) is 4.69. The van der Waals surface area contributed by atoms with Gasteiger partial charge in [0.1, 0.15) is 5.82 Å². The molecule has 2 bridgehead atoms. The minimum atomic E-state index is -0.261. The summed E-state index contributed by atoms with van der Waals surface area (Å²) in [7, 11) is 0. The Balaban J connectivity index is 1.00. The fourth-order valence-electron chi connectivity index (χ4n) is 6.67. The zero-order valence-corrected chi connectivity index (χ0v) is 21.7. The molecule has 3 aliphatic rings. The van der Waals surface area contributed by atoms with Gasteiger partial charge in [-0.2, -0.15) is 9.67 Å². The number of anilines is 4. The molecular weight excluding hydrogens is 493 g/mol. The number of piperazine rings is 1. The molecule has 2 aliphatic carbocycles. The van der Waals surface area contributed by atoms with Crippen molar-refractivity contribution in [3.05, 3.63) is 66.5 Å². The molecule has 2 aromatic carbocycles. The Morgan fingerprint density at radius 3 is 2.44 bits per heavy atom. The van der Waals surface area contributed by atoms with E-state index in [9.17, 15) is 0 Å². The van der Waals surface area contributed by atoms with E-state index in [2.05, 4.69) is 35.4 Å². The van der Waals surface area contributed by atoms with Gasteiger partial charge >= 0.3 is 0 Å². The number of nitrogens with zero attached hydrogens (tertiary/aromatic N) is 7. The normalized spacial score (nSPS) is 22.9. The number of hydrogen-bond acceptors (Lipinski definition) is 8. The molecule has 0 radical (unpaired) electrons. The summed E-state index contributed by atoms with van der Waals surface area (Å²) in [5.41, 5.74) is 9.01. The Morgan fingerprint density at radius 1 is 0.897 bits per heavy atom. The Kier molecular flexibility index (Phi) is 6.11. The van der Waals surface area contributed by atoms with Crippen LogP contribution in [0.1, 0.15) is 25.7 Å². The highest BCUT2D eigenvalue weighted by atomic mass is 19.1. The first kappa shape index (κ1) is 24.0. The maximum Gasteiger partial charge on any atom is 0.248 e. The van der Waals surface area contributed by atoms with Crippen molar-refractivity contribution in [2.45, 2.75) is 31.7 Å². The van der Waals surface area contributed by atoms with Crippen molar-refractivity contribution in [2.75, 3.05) is 42.1 Å². The standard InChI is InChI=1S/C29H32FN9/c30-23-18-22(8-10-25(23)37-12-14-38(15-13-37)26-17-19-6-7-21(26)16-19)32-29-33-28(31)39(36-29)27-11-9-24(34-35-27)20-4-2-1-3-5-20/h1-5,8-11,18-19,21,26H,6-7,12-17H2,(H3,31,32,33,36)/t19-,21+,26+/m1/s1. The second-order valence-corrected chi connectivity index (χ2v) is 10.9. The summed E-state index contributed by atoms with van der Waals surface area (Å²) in [6.07, 6.45) is 5.59. The number of nitrogen functional groups attached to an aromatic ring is 1. The second-order valence-electron chi connectivity index (χ2n) is 10.9. The number of nitrogens with one attached hydrogen (secondary N) is 1. The summed E-state index contributed by atoms with van der Waals surface area (Å²) in [5.74, 6) is 2.43. The van der Waals surface area contributed by atoms with Crippen molar-refractivity contribution in [1.82, 2.24) is 29.9 Å². The first-order chi connectivity index (χ1) is 19.1. The van der Waals surface area contributed by atoms with Gasteiger partial charge in [0.25, 0.3) is 0 Å². The number of nitrogens with two attached hydrogens (primary N) is 1. The molecule has 9 nitrogen and oxygen atoms in total. The lowest BCUT2D eigenvalue weighted by Gasteiger charge is -2.41. The van der Waals surface area contributed by atoms with Crippen LogP contribution in [0.4, 0.5) is 27.7 Å². The van der Waals surface area contributed by atoms with Crippen LogP contribution in [0.2, 0.25) is 0 Å². The molecule has 1 aliphatic heterocycles. The number of aromatic nitrogens is 5. The van der Waals surface area contributed by atoms with Crippen LogP contribution < -0.4 is 16.0 Å². The monoisotopic (exact) mass is 525 g/mol. The highest BCUT2D eigenvalue weighted by Crippen LogP contribution is 2.46. The largest absolute Gasteiger partial charge is 0.368 e. The highest BCUT2D eigenvalue weighted by molar-refractivity contribution is 5.61. The molecule has 0 unspecified atom stereocenters. The molecule has 0 amide bonds. The van der Waals surface area contributed by atoms with E-state index < -0.39 is 0 Å². The molecule has 10 heteroatoms. The van der Waals surface area contributed by atoms with Crippen LogP contribution in [-0.2, 0) is 0 Å². The SMILES string of the molecule is Nc1nc(Nc2ccc(N3CCN([C@H]4C[C@@H]5CC[C@H]4C5)CC3)c(F)c2)nn1-c1ccc(-c2ccccc2)nn1. The van der Waals surface area contributed by atoms with Crippen LogP contribution in [0.5, 0.6) is 0 Å². The third-order valence-electron chi connectivity index (χ3n) is 8.60. The molecule has 3 heterocycles. The van der Waals surface area contributed by atoms with Gasteiger partial charge in [-0.1, -0.05) is 36.8 Å². The smallest absolute Gasteiger partial charge is 0.248 e. The molecular formula is C29H32FN9. The molecule has 3 fully saturated rings. The Labute approximate surface area is 226 Å². The molecule has 4 aromatic rings. The minimum absolute atomic E-state index is 0.157. The summed E-state index contributed by atoms with van der Waals surface area (Å²) in [4.78, 5) is 9.09. The highest BCUT2D eigenvalue weighted by Gasteiger charge is 2.42. The molecule has 7 rings (SSSR count). The summed E-state index contributed by atoms with van der Waals surface area (Å²) < 4.78 is 16.6. The number of benzene rings is 2. The van der Waals surface area contributed by atoms with Crippen LogP contribution in [0.25, 0.3) is 17.1 Å². The van der Waals surface area contributed by atoms with Gasteiger partial charge in [-0.05, 0) is 61.4 Å². The lowest BCUT2D eigenvalue weighted by atomic mass is 9.93. The first-order valence-corrected chi connectivity index (χ1v) is 13.8. The topological polar surface area (TPSA) is 101 Å². The molecule has 3 N–H and O–H groups in total. The van der Waals surface area contributed by atoms with E-state index in [0.29, 0.717) is 17.2 Å². The van der Waals surface area contributed by atoms with E-state index >= 15 is 4.39 Å². The van der Waals surface area contributed by atoms with Crippen molar-refractivity contribution in [1.29, 1.82) is 0 Å². The van der Waals surface area contributed by atoms with Gasteiger partial charge in [-0.25, -0.2) is 4.39 Å². The zero-order chi connectivity index (χ0) is 26.3. The fourth-order valence-corrected chi connectivity index (χ4v) is 6.67. The van der Waals surface area contributed by atoms with Crippen LogP contribution in [0.15, 0.2) is 60.7 Å². The quantitative estimate of drug-likeness (QED) is 0.380. The van der Waals surface area contributed by atoms with Crippen LogP contribution in [-0.4, -0.2) is 62.1 Å². The molecule has 3 atom stereocenters. The van der Waals surface area contributed by atoms with Gasteiger partial charge in [-0.3, -0.25) is 4.90 Å². The molecule has 2 saturated carbocycles. The fraction of sp³-hybridized carbons (Fsp3) is 0.379. The summed E-state index contributed by atoms with van der Waals surface area (Å²) in [5, 5.41) is 16.0. The number of hydrogen-bond donors (Lipinski definition) is 2. The van der Waals surface area contributed by atoms with E-state index in [-0.39, 0.29) is 17.7 Å². The van der Waals surface area contributed by atoms with E-state index in [1.165, 1.54) is 36.4 Å². The van der Waals surface area contributed by atoms with E-state index in [1.54, 1.807) is 6.07 Å². The maximum absolute atomic E-state index is 15.2. The Hall–Kier alpha value is -4.05. The summed E-state index contributed by atoms with van der Waals surface area (Å²) in [6.45, 7) is 3.71. The number of halogens is 1. The third-order valence-corrected chi connectivity index (χ3v) is 8.60. The van der Waals surface area contributed by atoms with Crippen molar-refractivity contribution in [3.63, 3.8) is 0 Å². The first-order valence-electron chi connectivity index (χ1n) is 13.8. The van der Waals surface area contributed by atoms with E-state index in [4.69, 9.17) is 5.73 Å². The predicted molar refractivity (Wildman–Crippen MR) is 150 cm³/mol. The average molecular weight is 526 g/mol. The lowest BCUT2D eigenvalue weighted by Crippen LogP contribution is -2.52. The van der Waals surface area contributed by atoms with Gasteiger partial charge < -0.3 is 16.0 Å². The minimum Gasteiger partial charge on any atom is -0.368 e. The molecule has 2 aromatic heterocycles. The zero-order valence-electron chi connectivity index (χ0n) is 21.7. The van der Waals surface area contributed by atoms with Gasteiger partial charge in [-0.15, -0.1) is 15.3 Å². The average Bonchev–Trinajstić information content (AvgIpc) is 3.70. The second kappa shape index (κ2) is 9.92. The van der Waals surface area contributed by atoms with Gasteiger partial charge in [0.2, 0.25) is 11.9 Å². The summed E-state index contributed by atoms with van der Waals surface area (Å²) >= 11 is 0. The maximum atomic E-state index is 15.2. The van der Waals surface area contributed by atoms with Crippen molar-refractivity contribution < 1.29 is 4.39 Å². The van der Waals surface area contributed by atoms with Gasteiger partial charge in [0.15, 0.2) is 5.82 Å². The van der Waals surface area contributed by atoms with Crippen LogP contribution in [0, 0.1) is 17.7 Å². The van der Waals surface area contributed by atoms with Crippen molar-refractivity contribution in [3.8, 4) is 17.1 Å². The van der Waals surface area contributed by atoms with Gasteiger partial charge in [0.05, 0.1) is 11.4 Å². The molecule has 0 spiro atoms. The van der Waals surface area contributed by atoms with Gasteiger partial charge in [0, 0.05) is 43.5 Å². The van der Waals surface area contributed by atoms with Crippen molar-refractivity contribution in [2.24, 2.45) is 11.8 Å².